The third kappa shape index (κ3) is 5.75. The number of hydrogen-bond donors (Lipinski definition) is 2. The molecule has 2 aliphatic rings. The Bertz CT molecular complexity index is 712. The summed E-state index contributed by atoms with van der Waals surface area (Å²) in [5, 5.41) is 6.88. The zero-order valence-corrected chi connectivity index (χ0v) is 19.0. The minimum absolute atomic E-state index is 0.0763. The first-order valence-electron chi connectivity index (χ1n) is 11.5. The van der Waals surface area contributed by atoms with Crippen LogP contribution in [0.5, 0.6) is 0 Å². The summed E-state index contributed by atoms with van der Waals surface area (Å²) in [5.74, 6) is 0.945. The van der Waals surface area contributed by atoms with Crippen molar-refractivity contribution in [2.75, 3.05) is 26.2 Å². The smallest absolute Gasteiger partial charge is 0.254 e. The maximum atomic E-state index is 12.8. The van der Waals surface area contributed by atoms with Crippen molar-refractivity contribution < 1.29 is 9.53 Å². The lowest BCUT2D eigenvalue weighted by Gasteiger charge is -2.41. The van der Waals surface area contributed by atoms with Crippen LogP contribution in [0.3, 0.4) is 0 Å². The molecule has 1 aliphatic heterocycles. The molecule has 0 bridgehead atoms. The number of aliphatic imine (C=N–C) groups is 1. The van der Waals surface area contributed by atoms with Crippen LogP contribution in [-0.4, -0.2) is 55.2 Å². The number of hydrogen-bond acceptors (Lipinski definition) is 3. The molecule has 30 heavy (non-hydrogen) atoms. The highest BCUT2D eigenvalue weighted by Gasteiger charge is 2.34. The molecule has 0 spiro atoms. The molecule has 1 amide bonds. The third-order valence-electron chi connectivity index (χ3n) is 6.47. The maximum absolute atomic E-state index is 12.8. The largest absolute Gasteiger partial charge is 0.372 e. The van der Waals surface area contributed by atoms with E-state index in [0.717, 1.165) is 30.2 Å². The van der Waals surface area contributed by atoms with Crippen LogP contribution in [0.4, 0.5) is 0 Å². The van der Waals surface area contributed by atoms with Gasteiger partial charge in [-0.15, -0.1) is 0 Å². The number of morpholine rings is 1. The molecule has 2 fully saturated rings. The predicted molar refractivity (Wildman–Crippen MR) is 122 cm³/mol. The molecule has 1 saturated carbocycles. The molecule has 1 heterocycles. The molecule has 1 aliphatic carbocycles. The van der Waals surface area contributed by atoms with E-state index in [1.807, 2.05) is 43.0 Å². The zero-order valence-electron chi connectivity index (χ0n) is 19.0. The Morgan fingerprint density at radius 1 is 1.13 bits per heavy atom. The number of guanidine groups is 1. The summed E-state index contributed by atoms with van der Waals surface area (Å²) in [6.07, 6.45) is 5.34. The third-order valence-corrected chi connectivity index (χ3v) is 6.47. The topological polar surface area (TPSA) is 66.0 Å². The number of benzene rings is 1. The van der Waals surface area contributed by atoms with E-state index in [4.69, 9.17) is 9.73 Å². The molecule has 166 valence electrons. The second-order valence-electron chi connectivity index (χ2n) is 8.92. The number of nitrogens with zero attached hydrogens (tertiary/aromatic N) is 2. The summed E-state index contributed by atoms with van der Waals surface area (Å²) in [4.78, 5) is 19.5. The van der Waals surface area contributed by atoms with E-state index in [1.54, 1.807) is 0 Å². The number of ether oxygens (including phenoxy) is 1. The number of amides is 1. The number of carbonyl (C=O) groups excluding carboxylic acids is 1. The summed E-state index contributed by atoms with van der Waals surface area (Å²) in [7, 11) is 0. The standard InChI is InChI=1S/C24H38N4O2/c1-5-24(12-7-13-24)17-27-23(25-6-2)26-14-20-8-10-21(11-9-20)22(29)28-15-18(3)30-19(4)16-28/h8-11,18-19H,5-7,12-17H2,1-4H3,(H2,25,26,27). The van der Waals surface area contributed by atoms with E-state index in [2.05, 4.69) is 24.5 Å². The second kappa shape index (κ2) is 10.3. The highest BCUT2D eigenvalue weighted by Crippen LogP contribution is 2.42. The van der Waals surface area contributed by atoms with Gasteiger partial charge in [-0.1, -0.05) is 25.5 Å². The Kier molecular flexibility index (Phi) is 7.75. The Labute approximate surface area is 181 Å². The van der Waals surface area contributed by atoms with Crippen LogP contribution in [0, 0.1) is 5.41 Å². The van der Waals surface area contributed by atoms with Gasteiger partial charge in [0.15, 0.2) is 5.96 Å². The van der Waals surface area contributed by atoms with Gasteiger partial charge in [0.25, 0.3) is 5.91 Å². The Morgan fingerprint density at radius 3 is 2.33 bits per heavy atom. The van der Waals surface area contributed by atoms with Crippen molar-refractivity contribution in [1.29, 1.82) is 0 Å². The van der Waals surface area contributed by atoms with Crippen molar-refractivity contribution in [3.05, 3.63) is 35.4 Å². The summed E-state index contributed by atoms with van der Waals surface area (Å²) in [6, 6.07) is 7.84. The molecular formula is C24H38N4O2. The maximum Gasteiger partial charge on any atom is 0.254 e. The average molecular weight is 415 g/mol. The van der Waals surface area contributed by atoms with Crippen molar-refractivity contribution >= 4 is 11.9 Å². The van der Waals surface area contributed by atoms with E-state index in [9.17, 15) is 4.79 Å². The molecule has 6 nitrogen and oxygen atoms in total. The lowest BCUT2D eigenvalue weighted by molar-refractivity contribution is -0.0586. The van der Waals surface area contributed by atoms with Gasteiger partial charge in [0.1, 0.15) is 0 Å². The fraction of sp³-hybridized carbons (Fsp3) is 0.667. The fourth-order valence-electron chi connectivity index (χ4n) is 4.39. The van der Waals surface area contributed by atoms with Gasteiger partial charge >= 0.3 is 0 Å². The summed E-state index contributed by atoms with van der Waals surface area (Å²) in [6.45, 7) is 12.1. The molecule has 2 atom stereocenters. The van der Waals surface area contributed by atoms with Gasteiger partial charge in [0.05, 0.1) is 18.8 Å². The van der Waals surface area contributed by atoms with Crippen molar-refractivity contribution in [2.45, 2.75) is 72.1 Å². The normalized spacial score (nSPS) is 23.6. The Balaban J connectivity index is 1.57. The number of carbonyl (C=O) groups is 1. The van der Waals surface area contributed by atoms with Crippen LogP contribution in [0.15, 0.2) is 29.3 Å². The van der Waals surface area contributed by atoms with Crippen molar-refractivity contribution in [2.24, 2.45) is 10.4 Å². The van der Waals surface area contributed by atoms with E-state index in [-0.39, 0.29) is 18.1 Å². The molecule has 2 unspecified atom stereocenters. The lowest BCUT2D eigenvalue weighted by atomic mass is 9.67. The van der Waals surface area contributed by atoms with Gasteiger partial charge in [-0.05, 0) is 63.1 Å². The van der Waals surface area contributed by atoms with Crippen molar-refractivity contribution in [3.63, 3.8) is 0 Å². The first-order chi connectivity index (χ1) is 14.4. The summed E-state index contributed by atoms with van der Waals surface area (Å²) >= 11 is 0. The second-order valence-corrected chi connectivity index (χ2v) is 8.92. The van der Waals surface area contributed by atoms with E-state index < -0.39 is 0 Å². The molecule has 0 radical (unpaired) electrons. The first-order valence-corrected chi connectivity index (χ1v) is 11.5. The molecule has 1 aromatic carbocycles. The van der Waals surface area contributed by atoms with E-state index in [0.29, 0.717) is 25.0 Å². The first kappa shape index (κ1) is 22.6. The van der Waals surface area contributed by atoms with Crippen LogP contribution in [0.25, 0.3) is 0 Å². The van der Waals surface area contributed by atoms with Gasteiger partial charge in [0.2, 0.25) is 0 Å². The van der Waals surface area contributed by atoms with Crippen LogP contribution in [0.1, 0.15) is 69.3 Å². The monoisotopic (exact) mass is 414 g/mol. The van der Waals surface area contributed by atoms with Gasteiger partial charge in [-0.2, -0.15) is 0 Å². The number of rotatable bonds is 7. The minimum atomic E-state index is 0.0763. The van der Waals surface area contributed by atoms with Crippen LogP contribution in [-0.2, 0) is 11.3 Å². The predicted octanol–water partition coefficient (Wildman–Crippen LogP) is 3.57. The van der Waals surface area contributed by atoms with Crippen LogP contribution >= 0.6 is 0 Å². The molecule has 1 aromatic rings. The van der Waals surface area contributed by atoms with Crippen LogP contribution < -0.4 is 10.6 Å². The van der Waals surface area contributed by atoms with Gasteiger partial charge < -0.3 is 20.3 Å². The minimum Gasteiger partial charge on any atom is -0.372 e. The average Bonchev–Trinajstić information content (AvgIpc) is 2.70. The van der Waals surface area contributed by atoms with Crippen molar-refractivity contribution in [3.8, 4) is 0 Å². The lowest BCUT2D eigenvalue weighted by Crippen LogP contribution is -2.48. The molecule has 6 heteroatoms. The van der Waals surface area contributed by atoms with Crippen LogP contribution in [0.2, 0.25) is 0 Å². The molecule has 0 aromatic heterocycles. The Hall–Kier alpha value is -2.08. The molecule has 1 saturated heterocycles. The molecule has 3 rings (SSSR count). The van der Waals surface area contributed by atoms with Gasteiger partial charge in [-0.3, -0.25) is 4.79 Å². The summed E-state index contributed by atoms with van der Waals surface area (Å²) in [5.41, 5.74) is 2.28. The van der Waals surface area contributed by atoms with E-state index in [1.165, 1.54) is 25.7 Å². The highest BCUT2D eigenvalue weighted by molar-refractivity contribution is 5.94. The quantitative estimate of drug-likeness (QED) is 0.529. The van der Waals surface area contributed by atoms with E-state index >= 15 is 0 Å². The fourth-order valence-corrected chi connectivity index (χ4v) is 4.39. The molecular weight excluding hydrogens is 376 g/mol. The molecule has 2 N–H and O–H groups in total. The van der Waals surface area contributed by atoms with Gasteiger partial charge in [-0.25, -0.2) is 4.99 Å². The number of nitrogens with one attached hydrogen (secondary N) is 2. The van der Waals surface area contributed by atoms with Crippen molar-refractivity contribution in [1.82, 2.24) is 15.5 Å². The summed E-state index contributed by atoms with van der Waals surface area (Å²) < 4.78 is 5.73. The highest BCUT2D eigenvalue weighted by atomic mass is 16.5. The Morgan fingerprint density at radius 2 is 1.80 bits per heavy atom. The SMILES string of the molecule is CCNC(=NCc1ccc(C(=O)N2CC(C)OC(C)C2)cc1)NCC1(CC)CCC1. The van der Waals surface area contributed by atoms with Gasteiger partial charge in [0, 0.05) is 31.7 Å². The zero-order chi connectivity index (χ0) is 21.6.